The van der Waals surface area contributed by atoms with Gasteiger partial charge >= 0.3 is 0 Å². The van der Waals surface area contributed by atoms with Gasteiger partial charge in [0, 0.05) is 11.9 Å². The Kier molecular flexibility index (Phi) is 4.37. The van der Waals surface area contributed by atoms with Crippen LogP contribution in [0.4, 0.5) is 0 Å². The molecule has 0 atom stereocenters. The van der Waals surface area contributed by atoms with E-state index in [1.165, 1.54) is 0 Å². The van der Waals surface area contributed by atoms with Crippen LogP contribution in [0.25, 0.3) is 0 Å². The van der Waals surface area contributed by atoms with E-state index in [-0.39, 0.29) is 5.84 Å². The van der Waals surface area contributed by atoms with Crippen LogP contribution < -0.4 is 10.5 Å². The van der Waals surface area contributed by atoms with Crippen LogP contribution in [0.2, 0.25) is 0 Å². The van der Waals surface area contributed by atoms with E-state index in [0.29, 0.717) is 17.2 Å². The van der Waals surface area contributed by atoms with Gasteiger partial charge in [-0.1, -0.05) is 12.1 Å². The lowest BCUT2D eigenvalue weighted by molar-refractivity contribution is 0.318. The molecular weight excluding hydrogens is 268 g/mol. The van der Waals surface area contributed by atoms with Crippen molar-refractivity contribution in [3.63, 3.8) is 0 Å². The maximum atomic E-state index is 8.91. The molecule has 0 aliphatic carbocycles. The largest absolute Gasteiger partial charge is 0.436 e. The molecule has 0 unspecified atom stereocenters. The SMILES string of the molecule is CCc1nc(C)ccc1Oc1nccc(C)c1/C(N)=N/O. The molecule has 0 bridgehead atoms. The molecule has 2 aromatic rings. The van der Waals surface area contributed by atoms with Crippen molar-refractivity contribution in [3.05, 3.63) is 46.9 Å². The summed E-state index contributed by atoms with van der Waals surface area (Å²) in [4.78, 5) is 8.62. The number of nitrogens with two attached hydrogens (primary N) is 1. The Bertz CT molecular complexity index is 683. The third kappa shape index (κ3) is 3.10. The van der Waals surface area contributed by atoms with Crippen LogP contribution in [0, 0.1) is 13.8 Å². The molecule has 21 heavy (non-hydrogen) atoms. The maximum absolute atomic E-state index is 8.91. The minimum Gasteiger partial charge on any atom is -0.436 e. The molecule has 2 heterocycles. The summed E-state index contributed by atoms with van der Waals surface area (Å²) in [6.07, 6.45) is 2.35. The minimum absolute atomic E-state index is 0.0336. The average molecular weight is 286 g/mol. The van der Waals surface area contributed by atoms with Gasteiger partial charge < -0.3 is 15.7 Å². The summed E-state index contributed by atoms with van der Waals surface area (Å²) in [6.45, 7) is 5.77. The van der Waals surface area contributed by atoms with E-state index in [0.717, 1.165) is 23.4 Å². The Morgan fingerprint density at radius 2 is 2.10 bits per heavy atom. The minimum atomic E-state index is -0.0336. The van der Waals surface area contributed by atoms with Crippen LogP contribution in [0.15, 0.2) is 29.6 Å². The van der Waals surface area contributed by atoms with E-state index in [9.17, 15) is 0 Å². The van der Waals surface area contributed by atoms with E-state index in [2.05, 4.69) is 15.1 Å². The van der Waals surface area contributed by atoms with E-state index in [1.54, 1.807) is 12.3 Å². The van der Waals surface area contributed by atoms with Gasteiger partial charge in [-0.05, 0) is 44.0 Å². The molecule has 6 heteroatoms. The molecule has 0 fully saturated rings. The topological polar surface area (TPSA) is 93.6 Å². The normalized spacial score (nSPS) is 11.5. The first-order valence-electron chi connectivity index (χ1n) is 6.64. The monoisotopic (exact) mass is 286 g/mol. The second-order valence-corrected chi connectivity index (χ2v) is 4.65. The van der Waals surface area contributed by atoms with Crippen LogP contribution in [0.5, 0.6) is 11.6 Å². The van der Waals surface area contributed by atoms with Gasteiger partial charge in [0.05, 0.1) is 11.3 Å². The Hall–Kier alpha value is -2.63. The number of nitrogens with zero attached hydrogens (tertiary/aromatic N) is 3. The number of rotatable bonds is 4. The number of amidine groups is 1. The summed E-state index contributed by atoms with van der Waals surface area (Å²) < 4.78 is 5.84. The molecule has 0 saturated heterocycles. The molecule has 2 rings (SSSR count). The fraction of sp³-hybridized carbons (Fsp3) is 0.267. The van der Waals surface area contributed by atoms with Crippen molar-refractivity contribution in [2.24, 2.45) is 10.9 Å². The average Bonchev–Trinajstić information content (AvgIpc) is 2.48. The highest BCUT2D eigenvalue weighted by atomic mass is 16.5. The summed E-state index contributed by atoms with van der Waals surface area (Å²) >= 11 is 0. The second kappa shape index (κ2) is 6.21. The number of ether oxygens (including phenoxy) is 1. The zero-order chi connectivity index (χ0) is 15.4. The summed E-state index contributed by atoms with van der Waals surface area (Å²) in [5.74, 6) is 0.882. The van der Waals surface area contributed by atoms with Gasteiger partial charge in [0.1, 0.15) is 0 Å². The van der Waals surface area contributed by atoms with E-state index in [1.807, 2.05) is 32.9 Å². The molecule has 0 saturated carbocycles. The van der Waals surface area contributed by atoms with Gasteiger partial charge in [-0.15, -0.1) is 0 Å². The molecule has 0 aromatic carbocycles. The van der Waals surface area contributed by atoms with Gasteiger partial charge in [0.15, 0.2) is 11.6 Å². The lowest BCUT2D eigenvalue weighted by atomic mass is 10.1. The summed E-state index contributed by atoms with van der Waals surface area (Å²) in [5, 5.41) is 11.9. The predicted molar refractivity (Wildman–Crippen MR) is 79.9 cm³/mol. The second-order valence-electron chi connectivity index (χ2n) is 4.65. The maximum Gasteiger partial charge on any atom is 0.230 e. The van der Waals surface area contributed by atoms with Crippen molar-refractivity contribution >= 4 is 5.84 Å². The van der Waals surface area contributed by atoms with Gasteiger partial charge in [0.25, 0.3) is 0 Å². The predicted octanol–water partition coefficient (Wildman–Crippen LogP) is 2.54. The first kappa shape index (κ1) is 14.8. The first-order chi connectivity index (χ1) is 10.1. The lowest BCUT2D eigenvalue weighted by Crippen LogP contribution is -2.16. The molecule has 0 amide bonds. The molecule has 6 nitrogen and oxygen atoms in total. The quantitative estimate of drug-likeness (QED) is 0.390. The highest BCUT2D eigenvalue weighted by molar-refractivity contribution is 6.00. The molecule has 0 radical (unpaired) electrons. The van der Waals surface area contributed by atoms with Crippen LogP contribution in [0.3, 0.4) is 0 Å². The van der Waals surface area contributed by atoms with Gasteiger partial charge in [-0.3, -0.25) is 4.98 Å². The van der Waals surface area contributed by atoms with Crippen molar-refractivity contribution in [2.45, 2.75) is 27.2 Å². The number of aryl methyl sites for hydroxylation is 3. The summed E-state index contributed by atoms with van der Waals surface area (Å²) in [7, 11) is 0. The molecule has 3 N–H and O–H groups in total. The Morgan fingerprint density at radius 3 is 2.76 bits per heavy atom. The van der Waals surface area contributed by atoms with Gasteiger partial charge in [-0.25, -0.2) is 4.98 Å². The number of hydrogen-bond acceptors (Lipinski definition) is 5. The van der Waals surface area contributed by atoms with Crippen molar-refractivity contribution in [2.75, 3.05) is 0 Å². The van der Waals surface area contributed by atoms with Crippen molar-refractivity contribution in [3.8, 4) is 11.6 Å². The third-order valence-corrected chi connectivity index (χ3v) is 3.10. The third-order valence-electron chi connectivity index (χ3n) is 3.10. The number of hydrogen-bond donors (Lipinski definition) is 2. The zero-order valence-corrected chi connectivity index (χ0v) is 12.3. The Labute approximate surface area is 123 Å². The molecule has 0 spiro atoms. The highest BCUT2D eigenvalue weighted by Gasteiger charge is 2.15. The van der Waals surface area contributed by atoms with E-state index >= 15 is 0 Å². The molecular formula is C15H18N4O2. The van der Waals surface area contributed by atoms with Crippen LogP contribution in [-0.2, 0) is 6.42 Å². The van der Waals surface area contributed by atoms with Gasteiger partial charge in [-0.2, -0.15) is 0 Å². The number of aromatic nitrogens is 2. The van der Waals surface area contributed by atoms with Crippen LogP contribution >= 0.6 is 0 Å². The Balaban J connectivity index is 2.48. The lowest BCUT2D eigenvalue weighted by Gasteiger charge is -2.13. The fourth-order valence-corrected chi connectivity index (χ4v) is 2.02. The van der Waals surface area contributed by atoms with Crippen LogP contribution in [0.1, 0.15) is 29.4 Å². The van der Waals surface area contributed by atoms with Crippen molar-refractivity contribution in [1.29, 1.82) is 0 Å². The smallest absolute Gasteiger partial charge is 0.230 e. The van der Waals surface area contributed by atoms with E-state index in [4.69, 9.17) is 15.7 Å². The van der Waals surface area contributed by atoms with Crippen LogP contribution in [-0.4, -0.2) is 21.0 Å². The van der Waals surface area contributed by atoms with E-state index < -0.39 is 0 Å². The van der Waals surface area contributed by atoms with Gasteiger partial charge in [0.2, 0.25) is 5.88 Å². The standard InChI is InChI=1S/C15H18N4O2/c1-4-11-12(6-5-10(3)18-11)21-15-13(14(16)19-20)9(2)7-8-17-15/h5-8,20H,4H2,1-3H3,(H2,16,19). The highest BCUT2D eigenvalue weighted by Crippen LogP contribution is 2.27. The zero-order valence-electron chi connectivity index (χ0n) is 12.3. The van der Waals surface area contributed by atoms with Crippen molar-refractivity contribution in [1.82, 2.24) is 9.97 Å². The Morgan fingerprint density at radius 1 is 1.33 bits per heavy atom. The van der Waals surface area contributed by atoms with Crippen molar-refractivity contribution < 1.29 is 9.94 Å². The first-order valence-corrected chi connectivity index (χ1v) is 6.64. The molecule has 0 aliphatic rings. The molecule has 0 aliphatic heterocycles. The summed E-state index contributed by atoms with van der Waals surface area (Å²) in [5.41, 5.74) is 8.76. The fourth-order valence-electron chi connectivity index (χ4n) is 2.02. The summed E-state index contributed by atoms with van der Waals surface area (Å²) in [6, 6.07) is 5.49. The molecule has 2 aromatic heterocycles. The number of pyridine rings is 2. The number of oxime groups is 1. The molecule has 110 valence electrons.